The normalized spacial score (nSPS) is 19.3. The van der Waals surface area contributed by atoms with E-state index in [1.807, 2.05) is 12.3 Å². The Labute approximate surface area is 130 Å². The van der Waals surface area contributed by atoms with E-state index in [0.717, 1.165) is 31.0 Å². The van der Waals surface area contributed by atoms with E-state index < -0.39 is 0 Å². The van der Waals surface area contributed by atoms with E-state index in [-0.39, 0.29) is 0 Å². The molecule has 1 aliphatic rings. The summed E-state index contributed by atoms with van der Waals surface area (Å²) in [4.78, 5) is 7.27. The molecule has 3 aromatic rings. The molecule has 1 N–H and O–H groups in total. The number of aromatic amines is 1. The molecule has 114 valence electrons. The highest BCUT2D eigenvalue weighted by Crippen LogP contribution is 2.28. The van der Waals surface area contributed by atoms with E-state index in [2.05, 4.69) is 51.8 Å². The van der Waals surface area contributed by atoms with Crippen molar-refractivity contribution in [2.75, 3.05) is 13.1 Å². The first-order chi connectivity index (χ1) is 10.7. The van der Waals surface area contributed by atoms with Crippen molar-refractivity contribution >= 4 is 11.0 Å². The monoisotopic (exact) mass is 295 g/mol. The van der Waals surface area contributed by atoms with Gasteiger partial charge in [-0.05, 0) is 37.6 Å². The van der Waals surface area contributed by atoms with Gasteiger partial charge < -0.3 is 4.57 Å². The third-order valence-corrected chi connectivity index (χ3v) is 4.79. The molecule has 1 atom stereocenters. The van der Waals surface area contributed by atoms with Crippen molar-refractivity contribution in [3.8, 4) is 0 Å². The minimum absolute atomic E-state index is 0.567. The number of aromatic nitrogens is 4. The number of aryl methyl sites for hydroxylation is 2. The average Bonchev–Trinajstić information content (AvgIpc) is 3.21. The molecule has 0 spiro atoms. The second-order valence-corrected chi connectivity index (χ2v) is 6.26. The molecule has 2 aromatic heterocycles. The molecule has 1 aromatic carbocycles. The minimum atomic E-state index is 0.567. The van der Waals surface area contributed by atoms with Crippen molar-refractivity contribution in [1.29, 1.82) is 0 Å². The quantitative estimate of drug-likeness (QED) is 0.808. The zero-order valence-electron chi connectivity index (χ0n) is 13.1. The summed E-state index contributed by atoms with van der Waals surface area (Å²) >= 11 is 0. The SMILES string of the molecule is Cc1cn[nH]c1[C@@H]1CCN(Cc2nc3ccccc3n2C)C1. The summed E-state index contributed by atoms with van der Waals surface area (Å²) in [5.74, 6) is 1.71. The maximum atomic E-state index is 4.78. The minimum Gasteiger partial charge on any atom is -0.330 e. The number of nitrogens with one attached hydrogen (secondary N) is 1. The standard InChI is InChI=1S/C17H21N5/c1-12-9-18-20-17(12)13-7-8-22(10-13)11-16-19-14-5-3-4-6-15(14)21(16)2/h3-6,9,13H,7-8,10-11H2,1-2H3,(H,18,20)/t13-/m1/s1. The molecule has 1 aliphatic heterocycles. The molecule has 0 unspecified atom stereocenters. The van der Waals surface area contributed by atoms with Crippen LogP contribution in [-0.2, 0) is 13.6 Å². The van der Waals surface area contributed by atoms with E-state index in [9.17, 15) is 0 Å². The lowest BCUT2D eigenvalue weighted by Gasteiger charge is -2.15. The van der Waals surface area contributed by atoms with Crippen LogP contribution in [-0.4, -0.2) is 37.7 Å². The van der Waals surface area contributed by atoms with Crippen molar-refractivity contribution in [3.05, 3.63) is 47.5 Å². The molecule has 0 amide bonds. The number of H-pyrrole nitrogens is 1. The van der Waals surface area contributed by atoms with Crippen LogP contribution >= 0.6 is 0 Å². The third kappa shape index (κ3) is 2.22. The zero-order valence-corrected chi connectivity index (χ0v) is 13.1. The Morgan fingerprint density at radius 3 is 2.95 bits per heavy atom. The Morgan fingerprint density at radius 1 is 1.32 bits per heavy atom. The van der Waals surface area contributed by atoms with Gasteiger partial charge in [0.05, 0.1) is 23.8 Å². The number of benzene rings is 1. The third-order valence-electron chi connectivity index (χ3n) is 4.79. The van der Waals surface area contributed by atoms with Crippen LogP contribution in [0.5, 0.6) is 0 Å². The first-order valence-corrected chi connectivity index (χ1v) is 7.85. The summed E-state index contributed by atoms with van der Waals surface area (Å²) in [7, 11) is 2.11. The van der Waals surface area contributed by atoms with Crippen molar-refractivity contribution in [2.45, 2.75) is 25.8 Å². The topological polar surface area (TPSA) is 49.7 Å². The summed E-state index contributed by atoms with van der Waals surface area (Å²) in [6.07, 6.45) is 3.11. The van der Waals surface area contributed by atoms with Crippen molar-refractivity contribution in [1.82, 2.24) is 24.6 Å². The number of fused-ring (bicyclic) bond motifs is 1. The first-order valence-electron chi connectivity index (χ1n) is 7.85. The Kier molecular flexibility index (Phi) is 3.22. The number of likely N-dealkylation sites (tertiary alicyclic amines) is 1. The van der Waals surface area contributed by atoms with Gasteiger partial charge in [0, 0.05) is 25.2 Å². The zero-order chi connectivity index (χ0) is 15.1. The Hall–Kier alpha value is -2.14. The van der Waals surface area contributed by atoms with Crippen LogP contribution in [0.15, 0.2) is 30.5 Å². The van der Waals surface area contributed by atoms with E-state index in [4.69, 9.17) is 4.98 Å². The predicted octanol–water partition coefficient (Wildman–Crippen LogP) is 2.59. The van der Waals surface area contributed by atoms with E-state index in [1.165, 1.54) is 23.2 Å². The van der Waals surface area contributed by atoms with Gasteiger partial charge in [-0.15, -0.1) is 0 Å². The molecule has 1 saturated heterocycles. The Bertz CT molecular complexity index is 800. The second-order valence-electron chi connectivity index (χ2n) is 6.26. The lowest BCUT2D eigenvalue weighted by Crippen LogP contribution is -2.22. The van der Waals surface area contributed by atoms with Crippen LogP contribution in [0, 0.1) is 6.92 Å². The number of hydrogen-bond acceptors (Lipinski definition) is 3. The van der Waals surface area contributed by atoms with Crippen LogP contribution < -0.4 is 0 Å². The van der Waals surface area contributed by atoms with Crippen LogP contribution in [0.3, 0.4) is 0 Å². The molecule has 1 fully saturated rings. The van der Waals surface area contributed by atoms with Crippen LogP contribution in [0.2, 0.25) is 0 Å². The molecular weight excluding hydrogens is 274 g/mol. The van der Waals surface area contributed by atoms with Crippen LogP contribution in [0.25, 0.3) is 11.0 Å². The fourth-order valence-corrected chi connectivity index (χ4v) is 3.52. The van der Waals surface area contributed by atoms with Crippen molar-refractivity contribution in [2.24, 2.45) is 7.05 Å². The molecule has 0 aliphatic carbocycles. The number of rotatable bonds is 3. The molecule has 5 heteroatoms. The summed E-state index contributed by atoms with van der Waals surface area (Å²) in [6, 6.07) is 8.33. The molecule has 5 nitrogen and oxygen atoms in total. The highest BCUT2D eigenvalue weighted by atomic mass is 15.2. The summed E-state index contributed by atoms with van der Waals surface area (Å²) in [6.45, 7) is 5.24. The first kappa shape index (κ1) is 13.5. The van der Waals surface area contributed by atoms with Gasteiger partial charge in [0.2, 0.25) is 0 Å². The molecule has 0 radical (unpaired) electrons. The molecule has 4 rings (SSSR count). The largest absolute Gasteiger partial charge is 0.330 e. The van der Waals surface area contributed by atoms with Gasteiger partial charge in [-0.1, -0.05) is 12.1 Å². The predicted molar refractivity (Wildman–Crippen MR) is 86.7 cm³/mol. The smallest absolute Gasteiger partial charge is 0.123 e. The number of para-hydroxylation sites is 2. The molecule has 0 bridgehead atoms. The number of nitrogens with zero attached hydrogens (tertiary/aromatic N) is 4. The van der Waals surface area contributed by atoms with Gasteiger partial charge in [0.1, 0.15) is 5.82 Å². The van der Waals surface area contributed by atoms with Crippen molar-refractivity contribution in [3.63, 3.8) is 0 Å². The van der Waals surface area contributed by atoms with Crippen molar-refractivity contribution < 1.29 is 0 Å². The van der Waals surface area contributed by atoms with E-state index >= 15 is 0 Å². The Balaban J connectivity index is 1.52. The summed E-state index contributed by atoms with van der Waals surface area (Å²) in [5.41, 5.74) is 4.86. The Morgan fingerprint density at radius 2 is 2.18 bits per heavy atom. The number of hydrogen-bond donors (Lipinski definition) is 1. The lowest BCUT2D eigenvalue weighted by atomic mass is 10.0. The van der Waals surface area contributed by atoms with E-state index in [0.29, 0.717) is 5.92 Å². The molecule has 22 heavy (non-hydrogen) atoms. The van der Waals surface area contributed by atoms with E-state index in [1.54, 1.807) is 0 Å². The number of imidazole rings is 1. The van der Waals surface area contributed by atoms with Gasteiger partial charge in [-0.3, -0.25) is 10.00 Å². The highest BCUT2D eigenvalue weighted by Gasteiger charge is 2.27. The van der Waals surface area contributed by atoms with Crippen LogP contribution in [0.4, 0.5) is 0 Å². The fraction of sp³-hybridized carbons (Fsp3) is 0.412. The summed E-state index contributed by atoms with van der Waals surface area (Å²) < 4.78 is 2.21. The maximum absolute atomic E-state index is 4.78. The van der Waals surface area contributed by atoms with Gasteiger partial charge in [-0.25, -0.2) is 4.98 Å². The average molecular weight is 295 g/mol. The fourth-order valence-electron chi connectivity index (χ4n) is 3.52. The summed E-state index contributed by atoms with van der Waals surface area (Å²) in [5, 5.41) is 7.33. The van der Waals surface area contributed by atoms with Crippen LogP contribution in [0.1, 0.15) is 29.4 Å². The highest BCUT2D eigenvalue weighted by molar-refractivity contribution is 5.75. The van der Waals surface area contributed by atoms with Gasteiger partial charge in [0.15, 0.2) is 0 Å². The lowest BCUT2D eigenvalue weighted by molar-refractivity contribution is 0.314. The molecule has 3 heterocycles. The van der Waals surface area contributed by atoms with Gasteiger partial charge >= 0.3 is 0 Å². The molecular formula is C17H21N5. The van der Waals surface area contributed by atoms with Gasteiger partial charge in [0.25, 0.3) is 0 Å². The van der Waals surface area contributed by atoms with Gasteiger partial charge in [-0.2, -0.15) is 5.10 Å². The second kappa shape index (κ2) is 5.25. The molecule has 0 saturated carbocycles. The maximum Gasteiger partial charge on any atom is 0.123 e.